The Hall–Kier alpha value is -0.890. The largest absolute Gasteiger partial charge is 0.324 e. The van der Waals surface area contributed by atoms with E-state index in [1.54, 1.807) is 12.1 Å². The summed E-state index contributed by atoms with van der Waals surface area (Å²) in [7, 11) is 0. The van der Waals surface area contributed by atoms with Crippen molar-refractivity contribution in [3.63, 3.8) is 0 Å². The molecule has 1 atom stereocenters. The normalized spacial score (nSPS) is 12.6. The molecule has 1 aromatic carbocycles. The Morgan fingerprint density at radius 3 is 2.05 bits per heavy atom. The molecule has 1 nitrogen and oxygen atoms in total. The van der Waals surface area contributed by atoms with Crippen LogP contribution in [0, 0.1) is 12.7 Å². The van der Waals surface area contributed by atoms with Crippen molar-refractivity contribution in [1.82, 2.24) is 0 Å². The monoisotopic (exact) mass is 293 g/mol. The van der Waals surface area contributed by atoms with Gasteiger partial charge in [-0.25, -0.2) is 4.39 Å². The molecule has 1 rings (SSSR count). The fourth-order valence-corrected chi connectivity index (χ4v) is 2.82. The molecule has 0 amide bonds. The maximum Gasteiger partial charge on any atom is 0.123 e. The van der Waals surface area contributed by atoms with Crippen molar-refractivity contribution in [2.24, 2.45) is 5.73 Å². The maximum absolute atomic E-state index is 13.3. The Kier molecular flexibility index (Phi) is 9.32. The lowest BCUT2D eigenvalue weighted by Gasteiger charge is -2.13. The SMILES string of the molecule is CCCCCCCCCCCC(N)c1cc(C)cc(F)c1. The first kappa shape index (κ1) is 18.2. The molecule has 0 spiro atoms. The van der Waals surface area contributed by atoms with Crippen LogP contribution in [-0.4, -0.2) is 0 Å². The summed E-state index contributed by atoms with van der Waals surface area (Å²) in [5.74, 6) is -0.174. The number of halogens is 1. The molecule has 0 radical (unpaired) electrons. The summed E-state index contributed by atoms with van der Waals surface area (Å²) < 4.78 is 13.3. The predicted molar refractivity (Wildman–Crippen MR) is 89.9 cm³/mol. The molecule has 2 heteroatoms. The number of benzene rings is 1. The maximum atomic E-state index is 13.3. The van der Waals surface area contributed by atoms with Crippen LogP contribution < -0.4 is 5.73 Å². The van der Waals surface area contributed by atoms with E-state index in [1.165, 1.54) is 51.4 Å². The first-order valence-electron chi connectivity index (χ1n) is 8.66. The molecule has 0 fully saturated rings. The van der Waals surface area contributed by atoms with Crippen LogP contribution in [0.1, 0.15) is 88.3 Å². The van der Waals surface area contributed by atoms with Crippen molar-refractivity contribution in [3.05, 3.63) is 35.1 Å². The number of aryl methyl sites for hydroxylation is 1. The Bertz CT molecular complexity index is 369. The summed E-state index contributed by atoms with van der Waals surface area (Å²) in [6.45, 7) is 4.17. The zero-order chi connectivity index (χ0) is 15.5. The van der Waals surface area contributed by atoms with Crippen molar-refractivity contribution in [2.75, 3.05) is 0 Å². The molecular weight excluding hydrogens is 261 g/mol. The molecule has 1 aromatic rings. The van der Waals surface area contributed by atoms with Crippen LogP contribution in [0.4, 0.5) is 4.39 Å². The number of nitrogens with two attached hydrogens (primary N) is 1. The van der Waals surface area contributed by atoms with E-state index in [9.17, 15) is 4.39 Å². The van der Waals surface area contributed by atoms with Crippen LogP contribution in [0.3, 0.4) is 0 Å². The van der Waals surface area contributed by atoms with Crippen molar-refractivity contribution in [1.29, 1.82) is 0 Å². The van der Waals surface area contributed by atoms with E-state index < -0.39 is 0 Å². The fourth-order valence-electron chi connectivity index (χ4n) is 2.82. The molecule has 21 heavy (non-hydrogen) atoms. The number of rotatable bonds is 11. The van der Waals surface area contributed by atoms with Gasteiger partial charge in [0.1, 0.15) is 5.82 Å². The molecule has 0 heterocycles. The molecule has 120 valence electrons. The van der Waals surface area contributed by atoms with E-state index in [1.807, 2.05) is 13.0 Å². The standard InChI is InChI=1S/C19H32FN/c1-3-4-5-6-7-8-9-10-11-12-19(21)17-13-16(2)14-18(20)15-17/h13-15,19H,3-12,21H2,1-2H3. The van der Waals surface area contributed by atoms with E-state index in [0.29, 0.717) is 0 Å². The van der Waals surface area contributed by atoms with Gasteiger partial charge in [0, 0.05) is 6.04 Å². The van der Waals surface area contributed by atoms with Crippen molar-refractivity contribution >= 4 is 0 Å². The average Bonchev–Trinajstić information content (AvgIpc) is 2.44. The first-order chi connectivity index (χ1) is 10.1. The summed E-state index contributed by atoms with van der Waals surface area (Å²) in [6, 6.07) is 5.10. The lowest BCUT2D eigenvalue weighted by Crippen LogP contribution is -2.10. The van der Waals surface area contributed by atoms with Gasteiger partial charge in [-0.3, -0.25) is 0 Å². The van der Waals surface area contributed by atoms with Gasteiger partial charge in [-0.1, -0.05) is 70.8 Å². The number of hydrogen-bond donors (Lipinski definition) is 1. The van der Waals surface area contributed by atoms with Gasteiger partial charge in [0.2, 0.25) is 0 Å². The lowest BCUT2D eigenvalue weighted by atomic mass is 9.98. The summed E-state index contributed by atoms with van der Waals surface area (Å²) in [5, 5.41) is 0. The molecule has 0 saturated heterocycles. The van der Waals surface area contributed by atoms with Gasteiger partial charge >= 0.3 is 0 Å². The van der Waals surface area contributed by atoms with E-state index in [2.05, 4.69) is 6.92 Å². The van der Waals surface area contributed by atoms with Crippen molar-refractivity contribution in [2.45, 2.75) is 84.1 Å². The van der Waals surface area contributed by atoms with Crippen LogP contribution >= 0.6 is 0 Å². The highest BCUT2D eigenvalue weighted by molar-refractivity contribution is 5.25. The van der Waals surface area contributed by atoms with Gasteiger partial charge < -0.3 is 5.73 Å². The number of unbranched alkanes of at least 4 members (excludes halogenated alkanes) is 8. The van der Waals surface area contributed by atoms with E-state index in [4.69, 9.17) is 5.73 Å². The minimum atomic E-state index is -0.174. The lowest BCUT2D eigenvalue weighted by molar-refractivity contribution is 0.530. The first-order valence-corrected chi connectivity index (χ1v) is 8.66. The van der Waals surface area contributed by atoms with Crippen LogP contribution in [-0.2, 0) is 0 Å². The third-order valence-corrected chi connectivity index (χ3v) is 4.11. The van der Waals surface area contributed by atoms with Gasteiger partial charge in [0.25, 0.3) is 0 Å². The highest BCUT2D eigenvalue weighted by Crippen LogP contribution is 2.20. The van der Waals surface area contributed by atoms with Gasteiger partial charge in [-0.15, -0.1) is 0 Å². The summed E-state index contributed by atoms with van der Waals surface area (Å²) in [6.07, 6.45) is 12.8. The number of hydrogen-bond acceptors (Lipinski definition) is 1. The Morgan fingerprint density at radius 2 is 1.48 bits per heavy atom. The second-order valence-electron chi connectivity index (χ2n) is 6.29. The van der Waals surface area contributed by atoms with Crippen LogP contribution in [0.15, 0.2) is 18.2 Å². The van der Waals surface area contributed by atoms with Crippen LogP contribution in [0.5, 0.6) is 0 Å². The molecule has 2 N–H and O–H groups in total. The van der Waals surface area contributed by atoms with Crippen LogP contribution in [0.25, 0.3) is 0 Å². The van der Waals surface area contributed by atoms with E-state index >= 15 is 0 Å². The molecular formula is C19H32FN. The van der Waals surface area contributed by atoms with Gasteiger partial charge in [-0.05, 0) is 36.6 Å². The molecule has 0 aliphatic heterocycles. The van der Waals surface area contributed by atoms with Crippen molar-refractivity contribution < 1.29 is 4.39 Å². The molecule has 0 aliphatic carbocycles. The zero-order valence-corrected chi connectivity index (χ0v) is 13.8. The smallest absolute Gasteiger partial charge is 0.123 e. The third-order valence-electron chi connectivity index (χ3n) is 4.11. The average molecular weight is 293 g/mol. The zero-order valence-electron chi connectivity index (χ0n) is 13.8. The molecule has 0 saturated carbocycles. The fraction of sp³-hybridized carbons (Fsp3) is 0.684. The summed E-state index contributed by atoms with van der Waals surface area (Å²) >= 11 is 0. The molecule has 0 aliphatic rings. The highest BCUT2D eigenvalue weighted by atomic mass is 19.1. The van der Waals surface area contributed by atoms with Gasteiger partial charge in [0.15, 0.2) is 0 Å². The van der Waals surface area contributed by atoms with E-state index in [-0.39, 0.29) is 11.9 Å². The van der Waals surface area contributed by atoms with Crippen molar-refractivity contribution in [3.8, 4) is 0 Å². The molecule has 1 unspecified atom stereocenters. The highest BCUT2D eigenvalue weighted by Gasteiger charge is 2.07. The minimum absolute atomic E-state index is 0.0241. The molecule has 0 bridgehead atoms. The third kappa shape index (κ3) is 8.21. The minimum Gasteiger partial charge on any atom is -0.324 e. The van der Waals surface area contributed by atoms with Gasteiger partial charge in [-0.2, -0.15) is 0 Å². The topological polar surface area (TPSA) is 26.0 Å². The van der Waals surface area contributed by atoms with Crippen LogP contribution in [0.2, 0.25) is 0 Å². The quantitative estimate of drug-likeness (QED) is 0.493. The Morgan fingerprint density at radius 1 is 0.905 bits per heavy atom. The summed E-state index contributed by atoms with van der Waals surface area (Å²) in [4.78, 5) is 0. The van der Waals surface area contributed by atoms with E-state index in [0.717, 1.165) is 24.0 Å². The van der Waals surface area contributed by atoms with Gasteiger partial charge in [0.05, 0.1) is 0 Å². The second kappa shape index (κ2) is 10.8. The predicted octanol–water partition coefficient (Wildman–Crippen LogP) is 6.05. The molecule has 0 aromatic heterocycles. The second-order valence-corrected chi connectivity index (χ2v) is 6.29. The Balaban J connectivity index is 2.09. The summed E-state index contributed by atoms with van der Waals surface area (Å²) in [5.41, 5.74) is 8.05. The Labute approximate surface area is 130 Å².